The lowest BCUT2D eigenvalue weighted by molar-refractivity contribution is -0.104. The van der Waals surface area contributed by atoms with Crippen LogP contribution in [0.15, 0.2) is 16.8 Å². The van der Waals surface area contributed by atoms with E-state index >= 15 is 0 Å². The molecule has 22 heavy (non-hydrogen) atoms. The fourth-order valence-corrected chi connectivity index (χ4v) is 1.16. The van der Waals surface area contributed by atoms with Gasteiger partial charge in [0.05, 0.1) is 58.5 Å². The van der Waals surface area contributed by atoms with Gasteiger partial charge in [-0.2, -0.15) is 0 Å². The van der Waals surface area contributed by atoms with Gasteiger partial charge in [-0.1, -0.05) is 5.92 Å². The third-order valence-electron chi connectivity index (χ3n) is 2.17. The molecule has 0 heterocycles. The van der Waals surface area contributed by atoms with Crippen molar-refractivity contribution in [3.05, 3.63) is 11.8 Å². The fraction of sp³-hybridized carbons (Fsp3) is 0.600. The van der Waals surface area contributed by atoms with E-state index in [9.17, 15) is 4.79 Å². The van der Waals surface area contributed by atoms with Crippen LogP contribution in [0.4, 0.5) is 0 Å². The van der Waals surface area contributed by atoms with Crippen LogP contribution in [0, 0.1) is 12.3 Å². The van der Waals surface area contributed by atoms with Crippen molar-refractivity contribution >= 4 is 12.5 Å². The first-order valence-electron chi connectivity index (χ1n) is 6.96. The zero-order chi connectivity index (χ0) is 16.3. The second kappa shape index (κ2) is 17.3. The zero-order valence-electron chi connectivity index (χ0n) is 12.7. The first kappa shape index (κ1) is 20.3. The zero-order valence-corrected chi connectivity index (χ0v) is 12.7. The van der Waals surface area contributed by atoms with E-state index < -0.39 is 0 Å². The van der Waals surface area contributed by atoms with Gasteiger partial charge in [0, 0.05) is 6.21 Å². The number of hydrogen-bond donors (Lipinski definition) is 1. The quantitative estimate of drug-likeness (QED) is 0.148. The van der Waals surface area contributed by atoms with Crippen LogP contribution in [0.2, 0.25) is 0 Å². The maximum Gasteiger partial charge on any atom is 0.165 e. The minimum atomic E-state index is 0.142. The highest BCUT2D eigenvalue weighted by Gasteiger charge is 1.91. The van der Waals surface area contributed by atoms with Gasteiger partial charge in [-0.15, -0.1) is 6.42 Å². The normalized spacial score (nSPS) is 11.7. The maximum atomic E-state index is 10.2. The first-order chi connectivity index (χ1) is 10.8. The molecule has 7 heteroatoms. The Morgan fingerprint density at radius 1 is 1.00 bits per heavy atom. The highest BCUT2D eigenvalue weighted by atomic mass is 16.6. The molecular formula is C15H24N2O5. The molecule has 0 amide bonds. The Labute approximate surface area is 131 Å². The van der Waals surface area contributed by atoms with Crippen LogP contribution in [0.5, 0.6) is 0 Å². The average molecular weight is 312 g/mol. The average Bonchev–Trinajstić information content (AvgIpc) is 2.54. The van der Waals surface area contributed by atoms with E-state index in [1.807, 2.05) is 0 Å². The molecule has 0 unspecified atom stereocenters. The Balaban J connectivity index is 3.15. The SMILES string of the molecule is C#CCOCCOCCOCCOCCN=C/C=C(\N)C=O. The summed E-state index contributed by atoms with van der Waals surface area (Å²) in [4.78, 5) is 14.2. The number of carbonyl (C=O) groups is 1. The number of aliphatic imine (C=N–C) groups is 1. The van der Waals surface area contributed by atoms with Gasteiger partial charge in [0.25, 0.3) is 0 Å². The molecule has 0 aliphatic heterocycles. The molecule has 2 N–H and O–H groups in total. The molecular weight excluding hydrogens is 288 g/mol. The molecule has 0 saturated heterocycles. The number of nitrogens with zero attached hydrogens (tertiary/aromatic N) is 1. The van der Waals surface area contributed by atoms with E-state index in [0.29, 0.717) is 65.7 Å². The van der Waals surface area contributed by atoms with Gasteiger partial charge in [-0.25, -0.2) is 0 Å². The van der Waals surface area contributed by atoms with Gasteiger partial charge in [-0.3, -0.25) is 9.79 Å². The Morgan fingerprint density at radius 2 is 1.55 bits per heavy atom. The molecule has 0 aromatic rings. The van der Waals surface area contributed by atoms with Crippen LogP contribution < -0.4 is 5.73 Å². The number of carbonyl (C=O) groups excluding carboxylic acids is 1. The highest BCUT2D eigenvalue weighted by Crippen LogP contribution is 1.83. The summed E-state index contributed by atoms with van der Waals surface area (Å²) >= 11 is 0. The van der Waals surface area contributed by atoms with Crippen molar-refractivity contribution in [2.75, 3.05) is 59.4 Å². The smallest absolute Gasteiger partial charge is 0.165 e. The molecule has 0 aliphatic rings. The van der Waals surface area contributed by atoms with Crippen molar-refractivity contribution in [2.45, 2.75) is 0 Å². The molecule has 0 bridgehead atoms. The van der Waals surface area contributed by atoms with Gasteiger partial charge in [0.1, 0.15) is 6.61 Å². The largest absolute Gasteiger partial charge is 0.396 e. The van der Waals surface area contributed by atoms with E-state index in [1.54, 1.807) is 0 Å². The van der Waals surface area contributed by atoms with Crippen LogP contribution in [0.1, 0.15) is 0 Å². The summed E-state index contributed by atoms with van der Waals surface area (Å²) < 4.78 is 20.9. The van der Waals surface area contributed by atoms with Crippen molar-refractivity contribution in [2.24, 2.45) is 10.7 Å². The predicted octanol–water partition coefficient (Wildman–Crippen LogP) is -0.202. The Kier molecular flexibility index (Phi) is 16.0. The van der Waals surface area contributed by atoms with E-state index in [1.165, 1.54) is 12.3 Å². The molecule has 0 spiro atoms. The van der Waals surface area contributed by atoms with Gasteiger partial charge >= 0.3 is 0 Å². The van der Waals surface area contributed by atoms with Crippen LogP contribution >= 0.6 is 0 Å². The van der Waals surface area contributed by atoms with Gasteiger partial charge in [0.15, 0.2) is 6.29 Å². The second-order valence-corrected chi connectivity index (χ2v) is 3.93. The van der Waals surface area contributed by atoms with Crippen LogP contribution in [-0.2, 0) is 23.7 Å². The summed E-state index contributed by atoms with van der Waals surface area (Å²) in [6.45, 7) is 4.29. The number of rotatable bonds is 15. The van der Waals surface area contributed by atoms with Crippen LogP contribution in [0.3, 0.4) is 0 Å². The Hall–Kier alpha value is -1.72. The highest BCUT2D eigenvalue weighted by molar-refractivity contribution is 5.82. The lowest BCUT2D eigenvalue weighted by atomic mass is 10.4. The third kappa shape index (κ3) is 16.3. The summed E-state index contributed by atoms with van der Waals surface area (Å²) in [6, 6.07) is 0. The van der Waals surface area contributed by atoms with E-state index in [0.717, 1.165) is 0 Å². The lowest BCUT2D eigenvalue weighted by Gasteiger charge is -2.06. The first-order valence-corrected chi connectivity index (χ1v) is 6.96. The van der Waals surface area contributed by atoms with Gasteiger partial charge in [0.2, 0.25) is 0 Å². The molecule has 0 saturated carbocycles. The number of aldehydes is 1. The topological polar surface area (TPSA) is 92.4 Å². The summed E-state index contributed by atoms with van der Waals surface area (Å²) in [6.07, 6.45) is 8.51. The van der Waals surface area contributed by atoms with E-state index in [-0.39, 0.29) is 5.70 Å². The molecule has 0 fully saturated rings. The number of nitrogens with two attached hydrogens (primary N) is 1. The summed E-state index contributed by atoms with van der Waals surface area (Å²) in [7, 11) is 0. The van der Waals surface area contributed by atoms with Crippen molar-refractivity contribution in [3.8, 4) is 12.3 Å². The van der Waals surface area contributed by atoms with Crippen LogP contribution in [0.25, 0.3) is 0 Å². The summed E-state index contributed by atoms with van der Waals surface area (Å²) in [5.74, 6) is 2.37. The molecule has 0 aromatic heterocycles. The van der Waals surface area contributed by atoms with Crippen molar-refractivity contribution in [1.82, 2.24) is 0 Å². The predicted molar refractivity (Wildman–Crippen MR) is 83.8 cm³/mol. The lowest BCUT2D eigenvalue weighted by Crippen LogP contribution is -2.12. The van der Waals surface area contributed by atoms with Crippen molar-refractivity contribution in [3.63, 3.8) is 0 Å². The fourth-order valence-electron chi connectivity index (χ4n) is 1.16. The number of terminal acetylenes is 1. The van der Waals surface area contributed by atoms with Crippen molar-refractivity contribution in [1.29, 1.82) is 0 Å². The molecule has 0 aromatic carbocycles. The van der Waals surface area contributed by atoms with Crippen LogP contribution in [-0.4, -0.2) is 71.9 Å². The molecule has 124 valence electrons. The minimum Gasteiger partial charge on any atom is -0.396 e. The van der Waals surface area contributed by atoms with E-state index in [4.69, 9.17) is 31.1 Å². The molecule has 0 aliphatic carbocycles. The van der Waals surface area contributed by atoms with Gasteiger partial charge in [-0.05, 0) is 6.08 Å². The second-order valence-electron chi connectivity index (χ2n) is 3.93. The van der Waals surface area contributed by atoms with Gasteiger partial charge < -0.3 is 24.7 Å². The molecule has 0 radical (unpaired) electrons. The Morgan fingerprint density at radius 3 is 2.09 bits per heavy atom. The number of allylic oxidation sites excluding steroid dienone is 2. The molecule has 0 rings (SSSR count). The monoisotopic (exact) mass is 312 g/mol. The van der Waals surface area contributed by atoms with Crippen molar-refractivity contribution < 1.29 is 23.7 Å². The maximum absolute atomic E-state index is 10.2. The summed E-state index contributed by atoms with van der Waals surface area (Å²) in [5, 5.41) is 0. The van der Waals surface area contributed by atoms with E-state index in [2.05, 4.69) is 10.9 Å². The molecule has 0 atom stereocenters. The number of ether oxygens (including phenoxy) is 4. The minimum absolute atomic E-state index is 0.142. The number of hydrogen-bond acceptors (Lipinski definition) is 7. The molecule has 7 nitrogen and oxygen atoms in total. The summed E-state index contributed by atoms with van der Waals surface area (Å²) in [5.41, 5.74) is 5.40. The standard InChI is InChI=1S/C15H24N2O5/c1-2-6-19-8-10-21-12-13-22-11-9-20-7-5-17-4-3-15(16)14-18/h1,3-4,14H,5-13,16H2/b15-3-,17-4?. The Bertz CT molecular complexity index is 363. The third-order valence-corrected chi connectivity index (χ3v) is 2.17.